The van der Waals surface area contributed by atoms with Crippen molar-refractivity contribution < 1.29 is 86.1 Å². The number of carbonyl (C=O) groups excluding carboxylic acids is 8. The molecule has 109 heavy (non-hydrogen) atoms. The predicted molar refractivity (Wildman–Crippen MR) is 431 cm³/mol. The van der Waals surface area contributed by atoms with Gasteiger partial charge in [0.15, 0.2) is 46.3 Å². The van der Waals surface area contributed by atoms with E-state index in [-0.39, 0.29) is 46.3 Å². The minimum Gasteiger partial charge on any atom is -0.497 e. The van der Waals surface area contributed by atoms with Gasteiger partial charge in [-0.05, 0) is 223 Å². The Kier molecular flexibility index (Phi) is 40.7. The Balaban J connectivity index is 0.000000319. The van der Waals surface area contributed by atoms with E-state index in [0.29, 0.717) is 38.9 Å². The average molecular weight is 1480 g/mol. The number of rotatable bonds is 19. The van der Waals surface area contributed by atoms with Crippen LogP contribution < -0.4 is 42.6 Å². The molecule has 0 spiro atoms. The molecular formula is C91H98O18. The molecule has 11 aromatic carbocycles. The monoisotopic (exact) mass is 1480 g/mol. The van der Waals surface area contributed by atoms with Crippen LogP contribution in [-0.2, 0) is 0 Å². The third kappa shape index (κ3) is 33.5. The molecule has 0 aliphatic heterocycles. The number of ether oxygens (including phenoxy) is 9. The molecule has 18 heteroatoms. The standard InChI is InChI=1S/C14H14O2.C13H12O2.C10H12O2.2C10H10O2.2C9H10O2.2C8H10O2/c1-15-13-7-3-11(4-8-13)12-5-9-14(16-2)10-6-12;1-9(14)10-3-4-12-8-13(15-2)6-5-11(12)7-10;2*1-7(11)9-3-5-10(6-4-9)8(2)12;1-7(11)9-4-3-5-10(6-9)8(2)12;2*1-7(10)8-3-5-9(11-2)6-4-8;1-9-7-3-5-8(10-2)6-4-7;1-9-7-4-3-5-8(6-7)10-2/h3-10H,1-2H3;3-8H,1-2H3;3-7,11H,1-2H3;2*3-6H,1-2H3;2*3-6H,1-2H3;2*3-6H,1-2H3. The molecule has 0 saturated carbocycles. The molecule has 0 aromatic heterocycles. The molecule has 1 unspecified atom stereocenters. The molecule has 1 N–H and O–H groups in total. The van der Waals surface area contributed by atoms with Crippen molar-refractivity contribution >= 4 is 57.0 Å². The van der Waals surface area contributed by atoms with Crippen molar-refractivity contribution in [3.8, 4) is 62.9 Å². The molecule has 11 aromatic rings. The van der Waals surface area contributed by atoms with Gasteiger partial charge in [0.05, 0.1) is 70.1 Å². The van der Waals surface area contributed by atoms with E-state index in [1.165, 1.54) is 45.7 Å². The second kappa shape index (κ2) is 49.1. The lowest BCUT2D eigenvalue weighted by atomic mass is 10.0. The molecule has 18 nitrogen and oxygen atoms in total. The summed E-state index contributed by atoms with van der Waals surface area (Å²) in [5.74, 6) is 7.75. The molecule has 0 fully saturated rings. The number of aliphatic hydroxyl groups is 1. The molecule has 0 amide bonds. The van der Waals surface area contributed by atoms with E-state index >= 15 is 0 Å². The van der Waals surface area contributed by atoms with Crippen LogP contribution in [0.3, 0.4) is 0 Å². The van der Waals surface area contributed by atoms with E-state index < -0.39 is 6.10 Å². The minimum absolute atomic E-state index is 0.0156. The highest BCUT2D eigenvalue weighted by Gasteiger charge is 2.07. The lowest BCUT2D eigenvalue weighted by molar-refractivity contribution is 0.0999. The van der Waals surface area contributed by atoms with Gasteiger partial charge in [0.2, 0.25) is 0 Å². The van der Waals surface area contributed by atoms with Gasteiger partial charge in [0.1, 0.15) is 51.7 Å². The summed E-state index contributed by atoms with van der Waals surface area (Å²) in [6.45, 7) is 13.9. The molecule has 0 heterocycles. The van der Waals surface area contributed by atoms with Crippen molar-refractivity contribution in [1.82, 2.24) is 0 Å². The van der Waals surface area contributed by atoms with E-state index in [0.717, 1.165) is 73.6 Å². The normalized spacial score (nSPS) is 9.86. The Morgan fingerprint density at radius 3 is 0.697 bits per heavy atom. The highest BCUT2D eigenvalue weighted by atomic mass is 16.5. The number of hydrogen-bond donors (Lipinski definition) is 1. The van der Waals surface area contributed by atoms with Crippen LogP contribution >= 0.6 is 0 Å². The molecular weight excluding hydrogens is 1380 g/mol. The first-order valence-electron chi connectivity index (χ1n) is 34.1. The van der Waals surface area contributed by atoms with Crippen molar-refractivity contribution in [2.75, 3.05) is 64.0 Å². The summed E-state index contributed by atoms with van der Waals surface area (Å²) in [5, 5.41) is 11.3. The first-order chi connectivity index (χ1) is 52.1. The van der Waals surface area contributed by atoms with Crippen molar-refractivity contribution in [3.63, 3.8) is 0 Å². The van der Waals surface area contributed by atoms with Crippen LogP contribution in [0.15, 0.2) is 255 Å². The molecule has 570 valence electrons. The Morgan fingerprint density at radius 2 is 0.422 bits per heavy atom. The van der Waals surface area contributed by atoms with Crippen LogP contribution in [0.1, 0.15) is 157 Å². The zero-order valence-electron chi connectivity index (χ0n) is 65.2. The number of aliphatic hydroxyl groups excluding tert-OH is 1. The molecule has 11 rings (SSSR count). The van der Waals surface area contributed by atoms with Crippen LogP contribution in [-0.4, -0.2) is 115 Å². The van der Waals surface area contributed by atoms with Crippen LogP contribution in [0.5, 0.6) is 51.7 Å². The van der Waals surface area contributed by atoms with Gasteiger partial charge in [-0.25, -0.2) is 0 Å². The Morgan fingerprint density at radius 1 is 0.220 bits per heavy atom. The second-order valence-electron chi connectivity index (χ2n) is 23.5. The summed E-state index contributed by atoms with van der Waals surface area (Å²) in [7, 11) is 14.7. The number of benzene rings is 11. The van der Waals surface area contributed by atoms with Gasteiger partial charge in [-0.15, -0.1) is 0 Å². The SMILES string of the molecule is CC(=O)c1ccc(C(C)=O)cc1.CC(=O)c1ccc(C(C)O)cc1.CC(=O)c1cccc(C(C)=O)c1.COc1ccc(-c2ccc(OC)cc2)cc1.COc1ccc(C(C)=O)cc1.COc1ccc(C(C)=O)cc1.COc1ccc(OC)cc1.COc1ccc2cc(C(C)=O)ccc2c1.COc1cccc(OC)c1. The van der Waals surface area contributed by atoms with Gasteiger partial charge in [0, 0.05) is 50.6 Å². The maximum atomic E-state index is 11.2. The smallest absolute Gasteiger partial charge is 0.159 e. The molecule has 0 aliphatic rings. The zero-order valence-corrected chi connectivity index (χ0v) is 65.2. The number of carbonyl (C=O) groups is 8. The topological polar surface area (TPSA) is 240 Å². The van der Waals surface area contributed by atoms with E-state index in [9.17, 15) is 38.4 Å². The number of hydrogen-bond acceptors (Lipinski definition) is 18. The Bertz CT molecular complexity index is 4420. The van der Waals surface area contributed by atoms with Gasteiger partial charge >= 0.3 is 0 Å². The summed E-state index contributed by atoms with van der Waals surface area (Å²) in [6.07, 6.45) is -0.467. The molecule has 0 bridgehead atoms. The first kappa shape index (κ1) is 90.4. The number of ketones is 8. The van der Waals surface area contributed by atoms with E-state index in [2.05, 4.69) is 0 Å². The maximum absolute atomic E-state index is 11.2. The summed E-state index contributed by atoms with van der Waals surface area (Å²) in [4.78, 5) is 87.2. The van der Waals surface area contributed by atoms with Crippen LogP contribution in [0.25, 0.3) is 21.9 Å². The fourth-order valence-corrected chi connectivity index (χ4v) is 9.12. The van der Waals surface area contributed by atoms with Crippen molar-refractivity contribution in [3.05, 3.63) is 305 Å². The Labute approximate surface area is 640 Å². The summed E-state index contributed by atoms with van der Waals surface area (Å²) >= 11 is 0. The fraction of sp³-hybridized carbons (Fsp3) is 0.209. The number of Topliss-reactive ketones (excluding diaryl/α,β-unsaturated/α-hetero) is 8. The zero-order chi connectivity index (χ0) is 81.0. The van der Waals surface area contributed by atoms with Crippen molar-refractivity contribution in [2.24, 2.45) is 0 Å². The number of methoxy groups -OCH3 is 9. The Hall–Kier alpha value is -12.8. The van der Waals surface area contributed by atoms with Crippen molar-refractivity contribution in [2.45, 2.75) is 68.4 Å². The van der Waals surface area contributed by atoms with Crippen molar-refractivity contribution in [1.29, 1.82) is 0 Å². The van der Waals surface area contributed by atoms with Gasteiger partial charge in [-0.2, -0.15) is 0 Å². The fourth-order valence-electron chi connectivity index (χ4n) is 9.12. The van der Waals surface area contributed by atoms with Gasteiger partial charge in [-0.3, -0.25) is 38.4 Å². The maximum Gasteiger partial charge on any atom is 0.159 e. The second-order valence-corrected chi connectivity index (χ2v) is 23.5. The summed E-state index contributed by atoms with van der Waals surface area (Å²) in [5.41, 5.74) is 8.47. The molecule has 0 aliphatic carbocycles. The van der Waals surface area contributed by atoms with E-state index in [4.69, 9.17) is 47.7 Å². The number of fused-ring (bicyclic) bond motifs is 1. The molecule has 0 radical (unpaired) electrons. The van der Waals surface area contributed by atoms with E-state index in [1.54, 1.807) is 213 Å². The highest BCUT2D eigenvalue weighted by molar-refractivity contribution is 6.01. The first-order valence-corrected chi connectivity index (χ1v) is 34.1. The van der Waals surface area contributed by atoms with Crippen LogP contribution in [0, 0.1) is 0 Å². The molecule has 1 atom stereocenters. The largest absolute Gasteiger partial charge is 0.497 e. The highest BCUT2D eigenvalue weighted by Crippen LogP contribution is 2.26. The quantitative estimate of drug-likeness (QED) is 0.0740. The predicted octanol–water partition coefficient (Wildman–Crippen LogP) is 19.8. The molecule has 0 saturated heterocycles. The van der Waals surface area contributed by atoms with Gasteiger partial charge in [-0.1, -0.05) is 115 Å². The van der Waals surface area contributed by atoms with Crippen LogP contribution in [0.2, 0.25) is 0 Å². The average Bonchev–Trinajstić information content (AvgIpc) is 0.822. The summed E-state index contributed by atoms with van der Waals surface area (Å²) in [6, 6.07) is 76.9. The van der Waals surface area contributed by atoms with E-state index in [1.807, 2.05) is 133 Å². The minimum atomic E-state index is -0.467. The summed E-state index contributed by atoms with van der Waals surface area (Å²) < 4.78 is 45.1. The van der Waals surface area contributed by atoms with Gasteiger partial charge in [0.25, 0.3) is 0 Å². The van der Waals surface area contributed by atoms with Crippen LogP contribution in [0.4, 0.5) is 0 Å². The lowest BCUT2D eigenvalue weighted by Gasteiger charge is -2.05. The third-order valence-corrected chi connectivity index (χ3v) is 15.7. The third-order valence-electron chi connectivity index (χ3n) is 15.7. The lowest BCUT2D eigenvalue weighted by Crippen LogP contribution is -1.96. The van der Waals surface area contributed by atoms with Gasteiger partial charge < -0.3 is 47.7 Å².